The van der Waals surface area contributed by atoms with Crippen LogP contribution in [0.1, 0.15) is 25.7 Å². The number of thioether (sulfide) groups is 1. The molecule has 1 heterocycles. The van der Waals surface area contributed by atoms with Gasteiger partial charge >= 0.3 is 0 Å². The first-order chi connectivity index (χ1) is 7.33. The van der Waals surface area contributed by atoms with Gasteiger partial charge in [0.1, 0.15) is 0 Å². The minimum atomic E-state index is 0.941. The summed E-state index contributed by atoms with van der Waals surface area (Å²) in [4.78, 5) is 2.52. The molecule has 1 saturated heterocycles. The molecule has 0 bridgehead atoms. The van der Waals surface area contributed by atoms with Gasteiger partial charge in [0.05, 0.1) is 0 Å². The van der Waals surface area contributed by atoms with Crippen molar-refractivity contribution in [1.82, 2.24) is 10.2 Å². The predicted molar refractivity (Wildman–Crippen MR) is 70.7 cm³/mol. The number of piperidine rings is 1. The largest absolute Gasteiger partial charge is 0.317 e. The summed E-state index contributed by atoms with van der Waals surface area (Å²) in [6, 6.07) is 0. The summed E-state index contributed by atoms with van der Waals surface area (Å²) in [6.45, 7) is 5.04. The molecule has 0 spiro atoms. The van der Waals surface area contributed by atoms with Gasteiger partial charge in [0.15, 0.2) is 0 Å². The van der Waals surface area contributed by atoms with Gasteiger partial charge < -0.3 is 10.2 Å². The van der Waals surface area contributed by atoms with Crippen molar-refractivity contribution in [3.05, 3.63) is 0 Å². The molecule has 0 unspecified atom stereocenters. The van der Waals surface area contributed by atoms with E-state index in [2.05, 4.69) is 23.5 Å². The van der Waals surface area contributed by atoms with E-state index in [4.69, 9.17) is 0 Å². The number of hydrogen-bond acceptors (Lipinski definition) is 3. The zero-order valence-electron chi connectivity index (χ0n) is 10.3. The van der Waals surface area contributed by atoms with Gasteiger partial charge in [0.2, 0.25) is 0 Å². The maximum absolute atomic E-state index is 3.43. The van der Waals surface area contributed by atoms with Crippen LogP contribution < -0.4 is 5.32 Å². The Hall–Kier alpha value is 0.270. The van der Waals surface area contributed by atoms with Crippen LogP contribution in [-0.4, -0.2) is 50.1 Å². The Morgan fingerprint density at radius 2 is 2.00 bits per heavy atom. The fourth-order valence-electron chi connectivity index (χ4n) is 2.22. The zero-order chi connectivity index (χ0) is 10.9. The molecule has 2 nitrogen and oxygen atoms in total. The van der Waals surface area contributed by atoms with Crippen LogP contribution in [-0.2, 0) is 0 Å². The summed E-state index contributed by atoms with van der Waals surface area (Å²) in [5.41, 5.74) is 0. The molecule has 0 atom stereocenters. The van der Waals surface area contributed by atoms with E-state index < -0.39 is 0 Å². The van der Waals surface area contributed by atoms with Gasteiger partial charge in [-0.1, -0.05) is 0 Å². The van der Waals surface area contributed by atoms with Crippen molar-refractivity contribution in [3.63, 3.8) is 0 Å². The lowest BCUT2D eigenvalue weighted by Gasteiger charge is -2.27. The van der Waals surface area contributed by atoms with Crippen LogP contribution in [0, 0.1) is 5.92 Å². The van der Waals surface area contributed by atoms with Crippen LogP contribution in [0.3, 0.4) is 0 Å². The van der Waals surface area contributed by atoms with E-state index in [9.17, 15) is 0 Å². The van der Waals surface area contributed by atoms with E-state index in [0.29, 0.717) is 0 Å². The molecule has 1 rings (SSSR count). The van der Waals surface area contributed by atoms with Crippen LogP contribution in [0.15, 0.2) is 0 Å². The van der Waals surface area contributed by atoms with Gasteiger partial charge in [0, 0.05) is 6.54 Å². The Morgan fingerprint density at radius 3 is 2.67 bits per heavy atom. The lowest BCUT2D eigenvalue weighted by molar-refractivity contribution is 0.238. The van der Waals surface area contributed by atoms with E-state index in [0.717, 1.165) is 5.92 Å². The van der Waals surface area contributed by atoms with Gasteiger partial charge in [-0.05, 0) is 70.3 Å². The monoisotopic (exact) mass is 230 g/mol. The minimum absolute atomic E-state index is 0.941. The van der Waals surface area contributed by atoms with Gasteiger partial charge in [-0.15, -0.1) is 0 Å². The molecule has 1 aliphatic heterocycles. The standard InChI is InChI=1S/C12H26N2S/c1-14(9-3-4-10-15-2)11-12-5-7-13-8-6-12/h12-13H,3-11H2,1-2H3. The number of nitrogens with zero attached hydrogens (tertiary/aromatic N) is 1. The Bertz CT molecular complexity index is 147. The zero-order valence-corrected chi connectivity index (χ0v) is 11.1. The molecule has 0 radical (unpaired) electrons. The van der Waals surface area contributed by atoms with Gasteiger partial charge in [-0.25, -0.2) is 0 Å². The molecule has 0 aliphatic carbocycles. The van der Waals surface area contributed by atoms with Crippen molar-refractivity contribution in [2.75, 3.05) is 45.2 Å². The van der Waals surface area contributed by atoms with E-state index in [1.807, 2.05) is 11.8 Å². The molecule has 1 N–H and O–H groups in total. The van der Waals surface area contributed by atoms with Crippen molar-refractivity contribution >= 4 is 11.8 Å². The first kappa shape index (κ1) is 13.3. The average Bonchev–Trinajstić information content (AvgIpc) is 2.26. The molecular formula is C12H26N2S. The first-order valence-corrected chi connectivity index (χ1v) is 7.60. The summed E-state index contributed by atoms with van der Waals surface area (Å²) in [5.74, 6) is 2.26. The second kappa shape index (κ2) is 8.43. The summed E-state index contributed by atoms with van der Waals surface area (Å²) >= 11 is 1.96. The number of rotatable bonds is 7. The molecule has 3 heteroatoms. The van der Waals surface area contributed by atoms with Gasteiger partial charge in [-0.3, -0.25) is 0 Å². The maximum atomic E-state index is 3.43. The highest BCUT2D eigenvalue weighted by Crippen LogP contribution is 2.13. The Morgan fingerprint density at radius 1 is 1.27 bits per heavy atom. The fraction of sp³-hybridized carbons (Fsp3) is 1.00. The molecule has 1 fully saturated rings. The molecular weight excluding hydrogens is 204 g/mol. The quantitative estimate of drug-likeness (QED) is 0.674. The lowest BCUT2D eigenvalue weighted by atomic mass is 9.98. The summed E-state index contributed by atoms with van der Waals surface area (Å²) < 4.78 is 0. The highest BCUT2D eigenvalue weighted by atomic mass is 32.2. The topological polar surface area (TPSA) is 15.3 Å². The molecule has 0 aromatic rings. The van der Waals surface area contributed by atoms with Crippen LogP contribution in [0.5, 0.6) is 0 Å². The van der Waals surface area contributed by atoms with E-state index in [1.165, 1.54) is 57.6 Å². The van der Waals surface area contributed by atoms with E-state index in [1.54, 1.807) is 0 Å². The summed E-state index contributed by atoms with van der Waals surface area (Å²) in [6.07, 6.45) is 7.67. The third-order valence-corrected chi connectivity index (χ3v) is 3.86. The Balaban J connectivity index is 1.98. The normalized spacial score (nSPS) is 18.6. The molecule has 90 valence electrons. The van der Waals surface area contributed by atoms with Gasteiger partial charge in [0.25, 0.3) is 0 Å². The van der Waals surface area contributed by atoms with Crippen molar-refractivity contribution in [2.24, 2.45) is 5.92 Å². The summed E-state index contributed by atoms with van der Waals surface area (Å²) in [5, 5.41) is 3.43. The van der Waals surface area contributed by atoms with Crippen molar-refractivity contribution < 1.29 is 0 Å². The number of nitrogens with one attached hydrogen (secondary N) is 1. The highest BCUT2D eigenvalue weighted by molar-refractivity contribution is 7.98. The fourth-order valence-corrected chi connectivity index (χ4v) is 2.72. The third-order valence-electron chi connectivity index (χ3n) is 3.17. The van der Waals surface area contributed by atoms with E-state index >= 15 is 0 Å². The molecule has 1 aliphatic rings. The van der Waals surface area contributed by atoms with Crippen LogP contribution in [0.2, 0.25) is 0 Å². The average molecular weight is 230 g/mol. The van der Waals surface area contributed by atoms with Crippen LogP contribution in [0.4, 0.5) is 0 Å². The first-order valence-electron chi connectivity index (χ1n) is 6.21. The van der Waals surface area contributed by atoms with Crippen LogP contribution in [0.25, 0.3) is 0 Å². The predicted octanol–water partition coefficient (Wildman–Crippen LogP) is 2.06. The molecule has 0 aromatic heterocycles. The second-order valence-corrected chi connectivity index (χ2v) is 5.64. The maximum Gasteiger partial charge on any atom is 0.000755 e. The van der Waals surface area contributed by atoms with Crippen molar-refractivity contribution in [3.8, 4) is 0 Å². The molecule has 15 heavy (non-hydrogen) atoms. The summed E-state index contributed by atoms with van der Waals surface area (Å²) in [7, 11) is 2.28. The second-order valence-electron chi connectivity index (χ2n) is 4.66. The molecule has 0 saturated carbocycles. The third kappa shape index (κ3) is 6.44. The van der Waals surface area contributed by atoms with Gasteiger partial charge in [-0.2, -0.15) is 11.8 Å². The van der Waals surface area contributed by atoms with Crippen LogP contribution >= 0.6 is 11.8 Å². The Kier molecular flexibility index (Phi) is 7.49. The number of unbranched alkanes of at least 4 members (excludes halogenated alkanes) is 1. The molecule has 0 amide bonds. The lowest BCUT2D eigenvalue weighted by Crippen LogP contribution is -2.34. The smallest absolute Gasteiger partial charge is 0.000755 e. The molecule has 0 aromatic carbocycles. The Labute approximate surface area is 99.2 Å². The number of hydrogen-bond donors (Lipinski definition) is 1. The minimum Gasteiger partial charge on any atom is -0.317 e. The highest BCUT2D eigenvalue weighted by Gasteiger charge is 2.14. The van der Waals surface area contributed by atoms with Crippen molar-refractivity contribution in [1.29, 1.82) is 0 Å². The van der Waals surface area contributed by atoms with E-state index in [-0.39, 0.29) is 0 Å². The SMILES string of the molecule is CSCCCCN(C)CC1CCNCC1. The van der Waals surface area contributed by atoms with Crippen molar-refractivity contribution in [2.45, 2.75) is 25.7 Å².